The van der Waals surface area contributed by atoms with Crippen molar-refractivity contribution < 1.29 is 20.1 Å². The summed E-state index contributed by atoms with van der Waals surface area (Å²) >= 11 is 0. The molecule has 3 N–H and O–H groups in total. The Morgan fingerprint density at radius 2 is 1.79 bits per heavy atom. The molecular weight excluding hydrogens is 352 g/mol. The van der Waals surface area contributed by atoms with E-state index in [4.69, 9.17) is 5.11 Å². The second-order valence-electron chi connectivity index (χ2n) is 11.3. The summed E-state index contributed by atoms with van der Waals surface area (Å²) in [5.41, 5.74) is 0.216. The summed E-state index contributed by atoms with van der Waals surface area (Å²) in [5, 5.41) is 30.8. The van der Waals surface area contributed by atoms with Crippen molar-refractivity contribution in [2.75, 3.05) is 0 Å². The summed E-state index contributed by atoms with van der Waals surface area (Å²) in [6, 6.07) is 0. The van der Waals surface area contributed by atoms with Gasteiger partial charge in [0.2, 0.25) is 0 Å². The van der Waals surface area contributed by atoms with Crippen LogP contribution >= 0.6 is 0 Å². The molecule has 2 unspecified atom stereocenters. The monoisotopic (exact) mass is 392 g/mol. The van der Waals surface area contributed by atoms with Crippen molar-refractivity contribution >= 4 is 5.97 Å². The molecule has 0 aromatic carbocycles. The molecule has 4 nitrogen and oxygen atoms in total. The molecule has 160 valence electrons. The van der Waals surface area contributed by atoms with Crippen molar-refractivity contribution in [3.05, 3.63) is 0 Å². The molecule has 0 spiro atoms. The molecule has 4 aliphatic carbocycles. The van der Waals surface area contributed by atoms with Gasteiger partial charge in [0.1, 0.15) is 0 Å². The Morgan fingerprint density at radius 1 is 1.04 bits per heavy atom. The van der Waals surface area contributed by atoms with E-state index in [1.165, 1.54) is 19.3 Å². The maximum absolute atomic E-state index is 11.5. The first kappa shape index (κ1) is 20.7. The van der Waals surface area contributed by atoms with Crippen molar-refractivity contribution in [3.8, 4) is 0 Å². The van der Waals surface area contributed by atoms with Crippen molar-refractivity contribution in [1.82, 2.24) is 0 Å². The molecule has 0 aromatic heterocycles. The van der Waals surface area contributed by atoms with Gasteiger partial charge in [-0.05, 0) is 104 Å². The Hall–Kier alpha value is -0.610. The van der Waals surface area contributed by atoms with Crippen molar-refractivity contribution in [3.63, 3.8) is 0 Å². The van der Waals surface area contributed by atoms with E-state index in [1.54, 1.807) is 0 Å². The number of carboxylic acids is 1. The van der Waals surface area contributed by atoms with Crippen LogP contribution in [-0.4, -0.2) is 33.5 Å². The van der Waals surface area contributed by atoms with E-state index < -0.39 is 5.97 Å². The lowest BCUT2D eigenvalue weighted by Gasteiger charge is -2.62. The summed E-state index contributed by atoms with van der Waals surface area (Å²) in [6.45, 7) is 6.99. The predicted octanol–water partition coefficient (Wildman–Crippen LogP) is 4.48. The van der Waals surface area contributed by atoms with Gasteiger partial charge in [-0.3, -0.25) is 4.79 Å². The molecule has 0 saturated heterocycles. The van der Waals surface area contributed by atoms with Crippen molar-refractivity contribution in [2.45, 2.75) is 97.2 Å². The lowest BCUT2D eigenvalue weighted by Crippen LogP contribution is -2.58. The molecule has 0 aliphatic heterocycles. The van der Waals surface area contributed by atoms with Crippen LogP contribution < -0.4 is 0 Å². The van der Waals surface area contributed by atoms with Crippen LogP contribution in [0.1, 0.15) is 85.0 Å². The van der Waals surface area contributed by atoms with Gasteiger partial charge in [0.25, 0.3) is 0 Å². The second-order valence-corrected chi connectivity index (χ2v) is 11.3. The van der Waals surface area contributed by atoms with E-state index >= 15 is 0 Å². The molecule has 0 amide bonds. The minimum Gasteiger partial charge on any atom is -0.481 e. The molecular formula is C24H40O4. The first-order chi connectivity index (χ1) is 13.2. The van der Waals surface area contributed by atoms with Gasteiger partial charge >= 0.3 is 5.97 Å². The molecule has 0 bridgehead atoms. The molecule has 28 heavy (non-hydrogen) atoms. The summed E-state index contributed by atoms with van der Waals surface area (Å²) in [4.78, 5) is 11.1. The highest BCUT2D eigenvalue weighted by molar-refractivity contribution is 5.66. The first-order valence-electron chi connectivity index (χ1n) is 11.8. The molecule has 4 aliphatic rings. The number of aliphatic hydroxyl groups excluding tert-OH is 2. The van der Waals surface area contributed by atoms with Crippen LogP contribution in [0.15, 0.2) is 0 Å². The predicted molar refractivity (Wildman–Crippen MR) is 109 cm³/mol. The number of rotatable bonds is 4. The van der Waals surface area contributed by atoms with Gasteiger partial charge in [-0.2, -0.15) is 0 Å². The van der Waals surface area contributed by atoms with Crippen LogP contribution in [0.5, 0.6) is 0 Å². The molecule has 0 aromatic rings. The van der Waals surface area contributed by atoms with Gasteiger partial charge in [-0.25, -0.2) is 0 Å². The zero-order valence-electron chi connectivity index (χ0n) is 17.9. The van der Waals surface area contributed by atoms with Gasteiger partial charge in [0.05, 0.1) is 12.2 Å². The van der Waals surface area contributed by atoms with Crippen molar-refractivity contribution in [2.24, 2.45) is 46.3 Å². The Kier molecular flexibility index (Phi) is 5.36. The largest absolute Gasteiger partial charge is 0.481 e. The van der Waals surface area contributed by atoms with Crippen LogP contribution in [0.3, 0.4) is 0 Å². The van der Waals surface area contributed by atoms with E-state index in [1.807, 2.05) is 0 Å². The average Bonchev–Trinajstić information content (AvgIpc) is 3.00. The molecule has 4 rings (SSSR count). The van der Waals surface area contributed by atoms with E-state index in [0.717, 1.165) is 38.5 Å². The third-order valence-electron chi connectivity index (χ3n) is 10.3. The van der Waals surface area contributed by atoms with Gasteiger partial charge < -0.3 is 15.3 Å². The summed E-state index contributed by atoms with van der Waals surface area (Å²) < 4.78 is 0. The normalized spacial score (nSPS) is 51.7. The van der Waals surface area contributed by atoms with Gasteiger partial charge in [0.15, 0.2) is 0 Å². The number of hydrogen-bond donors (Lipinski definition) is 3. The SMILES string of the molecule is C[C@H](CCC(=O)O)C1CC[C@H]2[C@@H]3CC[C@@H]4C[C@H](O)CC[C@]4(C)[C@H]3C[C@H](O)C12C. The Labute approximate surface area is 170 Å². The zero-order chi connectivity index (χ0) is 20.3. The van der Waals surface area contributed by atoms with Gasteiger partial charge in [0, 0.05) is 6.42 Å². The van der Waals surface area contributed by atoms with Gasteiger partial charge in [-0.1, -0.05) is 20.8 Å². The van der Waals surface area contributed by atoms with Crippen LogP contribution in [0, 0.1) is 46.3 Å². The quantitative estimate of drug-likeness (QED) is 0.659. The minimum atomic E-state index is -0.707. The van der Waals surface area contributed by atoms with Crippen molar-refractivity contribution in [1.29, 1.82) is 0 Å². The Balaban J connectivity index is 1.56. The second kappa shape index (κ2) is 7.27. The maximum Gasteiger partial charge on any atom is 0.303 e. The van der Waals surface area contributed by atoms with E-state index in [-0.39, 0.29) is 29.5 Å². The summed E-state index contributed by atoms with van der Waals surface area (Å²) in [5.74, 6) is 2.55. The first-order valence-corrected chi connectivity index (χ1v) is 11.8. The fourth-order valence-electron chi connectivity index (χ4n) is 8.71. The number of carboxylic acid groups (broad SMARTS) is 1. The summed E-state index contributed by atoms with van der Waals surface area (Å²) in [6.07, 6.45) is 9.26. The zero-order valence-corrected chi connectivity index (χ0v) is 17.9. The van der Waals surface area contributed by atoms with E-state index in [0.29, 0.717) is 35.5 Å². The fourth-order valence-corrected chi connectivity index (χ4v) is 8.71. The van der Waals surface area contributed by atoms with E-state index in [2.05, 4.69) is 20.8 Å². The highest BCUT2D eigenvalue weighted by Crippen LogP contribution is 2.68. The van der Waals surface area contributed by atoms with Crippen LogP contribution in [-0.2, 0) is 4.79 Å². The molecule has 0 heterocycles. The van der Waals surface area contributed by atoms with Crippen LogP contribution in [0.25, 0.3) is 0 Å². The number of aliphatic carboxylic acids is 1. The van der Waals surface area contributed by atoms with E-state index in [9.17, 15) is 15.0 Å². The molecule has 4 fully saturated rings. The standard InChI is InChI=1S/C24H40O4/c1-14(4-9-22(27)28)18-7-8-19-17-6-5-15-12-16(25)10-11-23(15,2)20(17)13-21(26)24(18,19)3/h14-21,25-26H,4-13H2,1-3H3,(H,27,28)/t14-,15-,16-,17+,18?,19+,20+,21+,23+,24?/m1/s1. The molecule has 4 saturated carbocycles. The summed E-state index contributed by atoms with van der Waals surface area (Å²) in [7, 11) is 0. The molecule has 0 radical (unpaired) electrons. The van der Waals surface area contributed by atoms with Crippen LogP contribution in [0.4, 0.5) is 0 Å². The number of carbonyl (C=O) groups is 1. The minimum absolute atomic E-state index is 0.0591. The smallest absolute Gasteiger partial charge is 0.303 e. The Morgan fingerprint density at radius 3 is 2.50 bits per heavy atom. The molecule has 4 heteroatoms. The highest BCUT2D eigenvalue weighted by atomic mass is 16.4. The lowest BCUT2D eigenvalue weighted by atomic mass is 9.43. The van der Waals surface area contributed by atoms with Crippen LogP contribution in [0.2, 0.25) is 0 Å². The topological polar surface area (TPSA) is 77.8 Å². The fraction of sp³-hybridized carbons (Fsp3) is 0.958. The third kappa shape index (κ3) is 3.05. The number of aliphatic hydroxyl groups is 2. The maximum atomic E-state index is 11.5. The number of hydrogen-bond acceptors (Lipinski definition) is 3. The lowest BCUT2D eigenvalue weighted by molar-refractivity contribution is -0.175. The number of fused-ring (bicyclic) bond motifs is 5. The third-order valence-corrected chi connectivity index (χ3v) is 10.3. The Bertz CT molecular complexity index is 605. The highest BCUT2D eigenvalue weighted by Gasteiger charge is 2.63. The average molecular weight is 393 g/mol. The van der Waals surface area contributed by atoms with Gasteiger partial charge in [-0.15, -0.1) is 0 Å². The molecule has 10 atom stereocenters.